The number of rotatable bonds is 5. The number of likely N-dealkylation sites (tertiary alicyclic amines) is 1. The molecule has 0 aliphatic carbocycles. The van der Waals surface area contributed by atoms with Crippen LogP contribution < -0.4 is 16.6 Å². The zero-order valence-electron chi connectivity index (χ0n) is 22.7. The number of piperidine rings is 1. The number of hydrogen-bond acceptors (Lipinski definition) is 4. The Labute approximate surface area is 227 Å². The average Bonchev–Trinajstić information content (AvgIpc) is 3.55. The van der Waals surface area contributed by atoms with E-state index in [1.807, 2.05) is 55.1 Å². The summed E-state index contributed by atoms with van der Waals surface area (Å²) >= 11 is 0. The molecule has 1 fully saturated rings. The summed E-state index contributed by atoms with van der Waals surface area (Å²) in [6.07, 6.45) is 6.02. The molecule has 2 amide bonds. The molecule has 0 saturated carbocycles. The summed E-state index contributed by atoms with van der Waals surface area (Å²) < 4.78 is 0. The van der Waals surface area contributed by atoms with Crippen LogP contribution in [-0.4, -0.2) is 36.9 Å². The van der Waals surface area contributed by atoms with Gasteiger partial charge in [0.25, 0.3) is 0 Å². The van der Waals surface area contributed by atoms with Gasteiger partial charge in [0.2, 0.25) is 12.3 Å². The minimum atomic E-state index is 0.250. The number of hydrazine groups is 1. The summed E-state index contributed by atoms with van der Waals surface area (Å²) in [6, 6.07) is 31.2. The van der Waals surface area contributed by atoms with Crippen molar-refractivity contribution in [3.8, 4) is 0 Å². The standard InChI is InChI=1S/C20H23NO.C9H10N2.C2H6.CH3NO/c22-20(12-11-17-7-3-1-4-8-17)21-15-13-19(14-16-21)18-9-5-2-6-10-18;1-2-4-8(5-3-1)9-6-7-10-11-9;1-2;2-1-3/h1-10,19H,11-16H2;1-6,10-11H,7H2;1-2H3;1H,(H2,2,3). The minimum Gasteiger partial charge on any atom is -0.372 e. The second-order valence-electron chi connectivity index (χ2n) is 8.68. The van der Waals surface area contributed by atoms with Gasteiger partial charge in [-0.05, 0) is 47.9 Å². The predicted octanol–water partition coefficient (Wildman–Crippen LogP) is 5.29. The number of primary amides is 1. The second-order valence-corrected chi connectivity index (χ2v) is 8.68. The van der Waals surface area contributed by atoms with Crippen molar-refractivity contribution in [2.75, 3.05) is 19.6 Å². The Morgan fingerprint density at radius 3 is 1.95 bits per heavy atom. The zero-order chi connectivity index (χ0) is 27.4. The monoisotopic (exact) mass is 514 g/mol. The Kier molecular flexibility index (Phi) is 14.7. The van der Waals surface area contributed by atoms with E-state index in [9.17, 15) is 4.79 Å². The molecule has 2 aliphatic heterocycles. The summed E-state index contributed by atoms with van der Waals surface area (Å²) in [5.74, 6) is 0.912. The molecule has 6 nitrogen and oxygen atoms in total. The Balaban J connectivity index is 0.000000264. The quantitative estimate of drug-likeness (QED) is 0.404. The molecule has 0 radical (unpaired) electrons. The number of amides is 2. The van der Waals surface area contributed by atoms with Crippen LogP contribution in [0.25, 0.3) is 5.70 Å². The largest absolute Gasteiger partial charge is 0.372 e. The molecule has 2 aliphatic rings. The summed E-state index contributed by atoms with van der Waals surface area (Å²) in [7, 11) is 0. The maximum atomic E-state index is 12.3. The van der Waals surface area contributed by atoms with Crippen molar-refractivity contribution in [2.45, 2.75) is 45.4 Å². The number of nitrogens with zero attached hydrogens (tertiary/aromatic N) is 1. The van der Waals surface area contributed by atoms with Gasteiger partial charge in [0.15, 0.2) is 0 Å². The summed E-state index contributed by atoms with van der Waals surface area (Å²) in [4.78, 5) is 23.0. The molecule has 0 bridgehead atoms. The van der Waals surface area contributed by atoms with Crippen molar-refractivity contribution in [2.24, 2.45) is 5.73 Å². The number of aryl methyl sites for hydroxylation is 1. The highest BCUT2D eigenvalue weighted by atomic mass is 16.2. The van der Waals surface area contributed by atoms with E-state index in [1.54, 1.807) is 0 Å². The third-order valence-corrected chi connectivity index (χ3v) is 6.31. The molecular weight excluding hydrogens is 472 g/mol. The third-order valence-electron chi connectivity index (χ3n) is 6.31. The lowest BCUT2D eigenvalue weighted by Crippen LogP contribution is -2.38. The van der Waals surface area contributed by atoms with Crippen LogP contribution in [0, 0.1) is 0 Å². The van der Waals surface area contributed by atoms with Crippen LogP contribution in [0.4, 0.5) is 0 Å². The lowest BCUT2D eigenvalue weighted by molar-refractivity contribution is -0.132. The molecule has 0 unspecified atom stereocenters. The van der Waals surface area contributed by atoms with E-state index in [4.69, 9.17) is 4.79 Å². The maximum Gasteiger partial charge on any atom is 0.222 e. The molecule has 38 heavy (non-hydrogen) atoms. The van der Waals surface area contributed by atoms with Crippen molar-refractivity contribution in [3.63, 3.8) is 0 Å². The molecule has 4 N–H and O–H groups in total. The van der Waals surface area contributed by atoms with E-state index < -0.39 is 0 Å². The number of nitrogens with two attached hydrogens (primary N) is 1. The molecule has 0 aromatic heterocycles. The minimum absolute atomic E-state index is 0.250. The molecule has 5 rings (SSSR count). The van der Waals surface area contributed by atoms with Gasteiger partial charge >= 0.3 is 0 Å². The van der Waals surface area contributed by atoms with Crippen molar-refractivity contribution in [1.29, 1.82) is 0 Å². The van der Waals surface area contributed by atoms with Gasteiger partial charge in [-0.15, -0.1) is 0 Å². The van der Waals surface area contributed by atoms with E-state index in [2.05, 4.69) is 77.3 Å². The molecule has 1 saturated heterocycles. The fourth-order valence-corrected chi connectivity index (χ4v) is 4.40. The normalized spacial score (nSPS) is 14.2. The summed E-state index contributed by atoms with van der Waals surface area (Å²) in [5.41, 5.74) is 15.3. The Morgan fingerprint density at radius 2 is 1.42 bits per heavy atom. The smallest absolute Gasteiger partial charge is 0.222 e. The number of nitrogens with one attached hydrogen (secondary N) is 2. The number of carbonyl (C=O) groups excluding carboxylic acids is 2. The van der Waals surface area contributed by atoms with Gasteiger partial charge in [-0.1, -0.05) is 105 Å². The number of hydrogen-bond donors (Lipinski definition) is 3. The van der Waals surface area contributed by atoms with Gasteiger partial charge in [0.05, 0.1) is 5.70 Å². The average molecular weight is 515 g/mol. The van der Waals surface area contributed by atoms with Gasteiger partial charge in [-0.2, -0.15) is 0 Å². The van der Waals surface area contributed by atoms with E-state index in [0.717, 1.165) is 38.9 Å². The molecule has 3 aromatic carbocycles. The highest BCUT2D eigenvalue weighted by molar-refractivity contribution is 5.76. The van der Waals surface area contributed by atoms with Gasteiger partial charge < -0.3 is 16.1 Å². The lowest BCUT2D eigenvalue weighted by Gasteiger charge is -2.32. The van der Waals surface area contributed by atoms with Crippen LogP contribution >= 0.6 is 0 Å². The van der Waals surface area contributed by atoms with Crippen LogP contribution in [0.1, 0.15) is 55.7 Å². The zero-order valence-corrected chi connectivity index (χ0v) is 22.7. The molecule has 3 aromatic rings. The first-order valence-electron chi connectivity index (χ1n) is 13.5. The molecule has 0 atom stereocenters. The SMILES string of the molecule is C1=C(c2ccccc2)NNC1.CC.NC=O.O=C(CCc1ccccc1)N1CCC(c2ccccc2)CC1. The molecule has 202 valence electrons. The third kappa shape index (κ3) is 10.6. The fraction of sp³-hybridized carbons (Fsp3) is 0.312. The van der Waals surface area contributed by atoms with Crippen molar-refractivity contribution in [3.05, 3.63) is 114 Å². The van der Waals surface area contributed by atoms with Crippen LogP contribution in [0.2, 0.25) is 0 Å². The van der Waals surface area contributed by atoms with E-state index in [0.29, 0.717) is 18.2 Å². The highest BCUT2D eigenvalue weighted by Gasteiger charge is 2.23. The number of carbonyl (C=O) groups is 2. The Morgan fingerprint density at radius 1 is 0.895 bits per heavy atom. The second kappa shape index (κ2) is 18.4. The maximum absolute atomic E-state index is 12.3. The van der Waals surface area contributed by atoms with E-state index in [-0.39, 0.29) is 6.41 Å². The van der Waals surface area contributed by atoms with Crippen molar-refractivity contribution >= 4 is 18.0 Å². The van der Waals surface area contributed by atoms with Gasteiger partial charge in [-0.25, -0.2) is 5.43 Å². The van der Waals surface area contributed by atoms with Crippen LogP contribution in [0.3, 0.4) is 0 Å². The predicted molar refractivity (Wildman–Crippen MR) is 157 cm³/mol. The van der Waals surface area contributed by atoms with Gasteiger partial charge in [0.1, 0.15) is 0 Å². The molecule has 0 spiro atoms. The van der Waals surface area contributed by atoms with Crippen LogP contribution in [0.5, 0.6) is 0 Å². The van der Waals surface area contributed by atoms with Gasteiger partial charge in [0, 0.05) is 26.1 Å². The topological polar surface area (TPSA) is 87.5 Å². The van der Waals surface area contributed by atoms with Gasteiger partial charge in [-0.3, -0.25) is 9.59 Å². The van der Waals surface area contributed by atoms with Crippen LogP contribution in [0.15, 0.2) is 97.1 Å². The molecular formula is C32H42N4O2. The van der Waals surface area contributed by atoms with Crippen molar-refractivity contribution in [1.82, 2.24) is 15.8 Å². The van der Waals surface area contributed by atoms with Crippen LogP contribution in [-0.2, 0) is 16.0 Å². The number of benzene rings is 3. The van der Waals surface area contributed by atoms with E-state index >= 15 is 0 Å². The first kappa shape index (κ1) is 30.3. The molecule has 2 heterocycles. The fourth-order valence-electron chi connectivity index (χ4n) is 4.40. The lowest BCUT2D eigenvalue weighted by atomic mass is 9.89. The summed E-state index contributed by atoms with van der Waals surface area (Å²) in [6.45, 7) is 6.70. The Bertz CT molecular complexity index is 1060. The van der Waals surface area contributed by atoms with Crippen molar-refractivity contribution < 1.29 is 9.59 Å². The Hall–Kier alpha value is -3.90. The van der Waals surface area contributed by atoms with E-state index in [1.165, 1.54) is 22.4 Å². The summed E-state index contributed by atoms with van der Waals surface area (Å²) in [5, 5.41) is 0. The first-order chi connectivity index (χ1) is 18.7. The first-order valence-corrected chi connectivity index (χ1v) is 13.5. The molecule has 6 heteroatoms. The highest BCUT2D eigenvalue weighted by Crippen LogP contribution is 2.28.